The first-order valence-corrected chi connectivity index (χ1v) is 12.4. The number of carbonyl (C=O) groups is 1. The van der Waals surface area contributed by atoms with E-state index in [0.717, 1.165) is 37.9 Å². The van der Waals surface area contributed by atoms with Gasteiger partial charge >= 0.3 is 12.3 Å². The van der Waals surface area contributed by atoms with E-state index in [9.17, 15) is 18.0 Å². The summed E-state index contributed by atoms with van der Waals surface area (Å²) in [6.07, 6.45) is -0.685. The van der Waals surface area contributed by atoms with Gasteiger partial charge in [0.15, 0.2) is 5.82 Å². The van der Waals surface area contributed by atoms with Gasteiger partial charge in [-0.25, -0.2) is 4.79 Å². The number of hydrogen-bond donors (Lipinski definition) is 0. The number of pyridine rings is 1. The Morgan fingerprint density at radius 1 is 1.16 bits per heavy atom. The summed E-state index contributed by atoms with van der Waals surface area (Å²) >= 11 is 0. The van der Waals surface area contributed by atoms with Gasteiger partial charge in [-0.1, -0.05) is 41.9 Å². The van der Waals surface area contributed by atoms with Crippen molar-refractivity contribution >= 4 is 6.09 Å². The molecule has 10 heteroatoms. The molecule has 0 saturated heterocycles. The number of nitrogens with zero attached hydrogens (tertiary/aromatic N) is 4. The molecule has 0 spiro atoms. The van der Waals surface area contributed by atoms with Crippen molar-refractivity contribution in [1.82, 2.24) is 20.0 Å². The van der Waals surface area contributed by atoms with Gasteiger partial charge in [0, 0.05) is 30.3 Å². The maximum absolute atomic E-state index is 13.4. The van der Waals surface area contributed by atoms with E-state index in [1.54, 1.807) is 4.90 Å². The van der Waals surface area contributed by atoms with Crippen molar-refractivity contribution in [3.05, 3.63) is 65.7 Å². The molecular weight excluding hydrogens is 485 g/mol. The fourth-order valence-corrected chi connectivity index (χ4v) is 4.88. The quantitative estimate of drug-likeness (QED) is 0.381. The number of amides is 1. The summed E-state index contributed by atoms with van der Waals surface area (Å²) in [5, 5.41) is 4.16. The van der Waals surface area contributed by atoms with Crippen molar-refractivity contribution < 1.29 is 27.2 Å². The first kappa shape index (κ1) is 25.2. The number of hydrogen-bond acceptors (Lipinski definition) is 6. The summed E-state index contributed by atoms with van der Waals surface area (Å²) in [7, 11) is 0. The Bertz CT molecular complexity index is 1270. The van der Waals surface area contributed by atoms with Crippen LogP contribution >= 0.6 is 0 Å². The molecular formula is C27H29F3N4O3. The summed E-state index contributed by atoms with van der Waals surface area (Å²) in [5.41, 5.74) is -0.923. The van der Waals surface area contributed by atoms with Crippen LogP contribution in [0.25, 0.3) is 11.5 Å². The summed E-state index contributed by atoms with van der Waals surface area (Å²) in [6, 6.07) is 12.3. The summed E-state index contributed by atoms with van der Waals surface area (Å²) in [5.74, 6) is 0.598. The SMILES string of the molecule is CC(C)(C)OC(=O)N(CC1(c2noc(-c3ccnc(C(F)(F)F)c3)n2)CCC1)C1C[C@@H]1c1ccccc1. The summed E-state index contributed by atoms with van der Waals surface area (Å²) < 4.78 is 50.6. The maximum Gasteiger partial charge on any atom is 0.433 e. The molecule has 0 bridgehead atoms. The monoisotopic (exact) mass is 514 g/mol. The van der Waals surface area contributed by atoms with Crippen molar-refractivity contribution in [2.75, 3.05) is 6.54 Å². The van der Waals surface area contributed by atoms with Gasteiger partial charge in [-0.15, -0.1) is 0 Å². The second kappa shape index (κ2) is 9.15. The third kappa shape index (κ3) is 5.33. The molecule has 2 atom stereocenters. The fourth-order valence-electron chi connectivity index (χ4n) is 4.88. The van der Waals surface area contributed by atoms with E-state index in [0.29, 0.717) is 12.4 Å². The molecule has 5 rings (SSSR count). The molecule has 2 aromatic heterocycles. The van der Waals surface area contributed by atoms with Crippen LogP contribution < -0.4 is 0 Å². The lowest BCUT2D eigenvalue weighted by molar-refractivity contribution is -0.141. The van der Waals surface area contributed by atoms with Crippen LogP contribution in [-0.4, -0.2) is 44.3 Å². The average molecular weight is 515 g/mol. The highest BCUT2D eigenvalue weighted by Gasteiger charge is 2.52. The lowest BCUT2D eigenvalue weighted by Crippen LogP contribution is -2.50. The Morgan fingerprint density at radius 2 is 1.89 bits per heavy atom. The van der Waals surface area contributed by atoms with E-state index in [1.165, 1.54) is 11.6 Å². The predicted molar refractivity (Wildman–Crippen MR) is 129 cm³/mol. The number of ether oxygens (including phenoxy) is 1. The lowest BCUT2D eigenvalue weighted by atomic mass is 9.67. The molecule has 196 valence electrons. The zero-order valence-electron chi connectivity index (χ0n) is 21.0. The molecule has 2 saturated carbocycles. The van der Waals surface area contributed by atoms with Gasteiger partial charge in [0.05, 0.1) is 5.41 Å². The average Bonchev–Trinajstić information content (AvgIpc) is 3.44. The minimum absolute atomic E-state index is 0.00780. The molecule has 2 heterocycles. The Hall–Kier alpha value is -3.43. The smallest absolute Gasteiger partial charge is 0.433 e. The van der Waals surface area contributed by atoms with Crippen LogP contribution in [0.1, 0.15) is 69.5 Å². The molecule has 1 unspecified atom stereocenters. The highest BCUT2D eigenvalue weighted by Crippen LogP contribution is 2.49. The third-order valence-electron chi connectivity index (χ3n) is 6.99. The van der Waals surface area contributed by atoms with Crippen LogP contribution in [0, 0.1) is 0 Å². The zero-order chi connectivity index (χ0) is 26.4. The van der Waals surface area contributed by atoms with Crippen molar-refractivity contribution in [3.8, 4) is 11.5 Å². The van der Waals surface area contributed by atoms with Gasteiger partial charge in [0.2, 0.25) is 0 Å². The Morgan fingerprint density at radius 3 is 2.51 bits per heavy atom. The lowest BCUT2D eigenvalue weighted by Gasteiger charge is -2.43. The Kier molecular flexibility index (Phi) is 6.24. The van der Waals surface area contributed by atoms with Crippen LogP contribution in [0.5, 0.6) is 0 Å². The highest BCUT2D eigenvalue weighted by atomic mass is 19.4. The molecule has 0 N–H and O–H groups in total. The molecule has 2 fully saturated rings. The number of alkyl halides is 3. The van der Waals surface area contributed by atoms with Crippen LogP contribution in [-0.2, 0) is 16.3 Å². The largest absolute Gasteiger partial charge is 0.444 e. The normalized spacial score (nSPS) is 20.7. The minimum Gasteiger partial charge on any atom is -0.444 e. The van der Waals surface area contributed by atoms with E-state index < -0.39 is 29.0 Å². The van der Waals surface area contributed by atoms with Crippen molar-refractivity contribution in [3.63, 3.8) is 0 Å². The van der Waals surface area contributed by atoms with E-state index >= 15 is 0 Å². The van der Waals surface area contributed by atoms with Crippen LogP contribution in [0.3, 0.4) is 0 Å². The number of rotatable bonds is 6. The molecule has 7 nitrogen and oxygen atoms in total. The molecule has 0 aliphatic heterocycles. The maximum atomic E-state index is 13.4. The number of carbonyl (C=O) groups excluding carboxylic acids is 1. The van der Waals surface area contributed by atoms with E-state index in [4.69, 9.17) is 9.26 Å². The second-order valence-electron chi connectivity index (χ2n) is 10.9. The Labute approximate surface area is 213 Å². The van der Waals surface area contributed by atoms with Gasteiger partial charge in [-0.2, -0.15) is 18.2 Å². The molecule has 37 heavy (non-hydrogen) atoms. The van der Waals surface area contributed by atoms with Gasteiger partial charge in [0.25, 0.3) is 5.89 Å². The fraction of sp³-hybridized carbons (Fsp3) is 0.481. The van der Waals surface area contributed by atoms with Crippen molar-refractivity contribution in [2.45, 2.75) is 75.6 Å². The van der Waals surface area contributed by atoms with Crippen LogP contribution in [0.15, 0.2) is 53.2 Å². The molecule has 0 radical (unpaired) electrons. The predicted octanol–water partition coefficient (Wildman–Crippen LogP) is 6.37. The zero-order valence-corrected chi connectivity index (χ0v) is 21.0. The Balaban J connectivity index is 1.41. The first-order chi connectivity index (χ1) is 17.5. The van der Waals surface area contributed by atoms with Crippen LogP contribution in [0.4, 0.5) is 18.0 Å². The topological polar surface area (TPSA) is 81.4 Å². The highest BCUT2D eigenvalue weighted by molar-refractivity contribution is 5.70. The second-order valence-corrected chi connectivity index (χ2v) is 10.9. The summed E-state index contributed by atoms with van der Waals surface area (Å²) in [6.45, 7) is 5.84. The van der Waals surface area contributed by atoms with Crippen molar-refractivity contribution in [2.24, 2.45) is 0 Å². The van der Waals surface area contributed by atoms with E-state index in [1.807, 2.05) is 39.0 Å². The number of halogens is 3. The third-order valence-corrected chi connectivity index (χ3v) is 6.99. The standard InChI is InChI=1S/C27H29F3N4O3/c1-25(2,3)36-24(35)34(20-15-19(20)17-8-5-4-6-9-17)16-26(11-7-12-26)23-32-22(37-33-23)18-10-13-31-21(14-18)27(28,29)30/h4-6,8-10,13-14,19-20H,7,11-12,15-16H2,1-3H3/t19-,20?/m1/s1. The van der Waals surface area contributed by atoms with Gasteiger partial charge in [0.1, 0.15) is 11.3 Å². The van der Waals surface area contributed by atoms with E-state index in [-0.39, 0.29) is 23.4 Å². The van der Waals surface area contributed by atoms with E-state index in [2.05, 4.69) is 27.3 Å². The molecule has 2 aliphatic rings. The molecule has 1 aromatic carbocycles. The molecule has 2 aliphatic carbocycles. The van der Waals surface area contributed by atoms with Gasteiger partial charge in [-0.05, 0) is 57.7 Å². The molecule has 1 amide bonds. The minimum atomic E-state index is -4.58. The number of benzene rings is 1. The summed E-state index contributed by atoms with van der Waals surface area (Å²) in [4.78, 5) is 23.0. The van der Waals surface area contributed by atoms with Gasteiger partial charge < -0.3 is 14.2 Å². The van der Waals surface area contributed by atoms with Gasteiger partial charge in [-0.3, -0.25) is 4.98 Å². The first-order valence-electron chi connectivity index (χ1n) is 12.4. The van der Waals surface area contributed by atoms with Crippen LogP contribution in [0.2, 0.25) is 0 Å². The number of aromatic nitrogens is 3. The molecule has 3 aromatic rings. The van der Waals surface area contributed by atoms with Crippen molar-refractivity contribution in [1.29, 1.82) is 0 Å².